The molecular formula is C15H17ClO2. The molecule has 0 saturated heterocycles. The van der Waals surface area contributed by atoms with Crippen LogP contribution in [0.5, 0.6) is 5.75 Å². The maximum Gasteiger partial charge on any atom is 0.135 e. The Hall–Kier alpha value is -1.02. The summed E-state index contributed by atoms with van der Waals surface area (Å²) in [5, 5.41) is 0.780. The molecule has 1 aromatic rings. The fourth-order valence-corrected chi connectivity index (χ4v) is 2.86. The van der Waals surface area contributed by atoms with Crippen molar-refractivity contribution in [3.05, 3.63) is 28.3 Å². The molecule has 0 unspecified atom stereocenters. The van der Waals surface area contributed by atoms with Crippen molar-refractivity contribution in [3.8, 4) is 5.75 Å². The maximum atomic E-state index is 11.6. The van der Waals surface area contributed by atoms with Gasteiger partial charge < -0.3 is 4.74 Å². The Kier molecular flexibility index (Phi) is 3.29. The molecule has 18 heavy (non-hydrogen) atoms. The number of Topliss-reactive ketones (excluding diaryl/α,β-unsaturated/α-hetero) is 1. The van der Waals surface area contributed by atoms with E-state index in [1.54, 1.807) is 0 Å². The van der Waals surface area contributed by atoms with Crippen LogP contribution in [-0.2, 0) is 17.6 Å². The van der Waals surface area contributed by atoms with E-state index in [1.807, 2.05) is 12.1 Å². The Labute approximate surface area is 112 Å². The highest BCUT2D eigenvalue weighted by molar-refractivity contribution is 6.30. The molecule has 1 fully saturated rings. The summed E-state index contributed by atoms with van der Waals surface area (Å²) in [6.45, 7) is 0.754. The van der Waals surface area contributed by atoms with E-state index in [0.717, 1.165) is 49.5 Å². The smallest absolute Gasteiger partial charge is 0.135 e. The van der Waals surface area contributed by atoms with Crippen LogP contribution >= 0.6 is 11.6 Å². The minimum Gasteiger partial charge on any atom is -0.493 e. The van der Waals surface area contributed by atoms with Crippen LogP contribution in [0.15, 0.2) is 12.1 Å². The van der Waals surface area contributed by atoms with E-state index in [1.165, 1.54) is 11.1 Å². The molecule has 0 bridgehead atoms. The van der Waals surface area contributed by atoms with Crippen molar-refractivity contribution in [1.29, 1.82) is 0 Å². The fraction of sp³-hybridized carbons (Fsp3) is 0.533. The number of hydrogen-bond acceptors (Lipinski definition) is 2. The normalized spacial score (nSPS) is 17.4. The van der Waals surface area contributed by atoms with Crippen molar-refractivity contribution in [1.82, 2.24) is 0 Å². The summed E-state index contributed by atoms with van der Waals surface area (Å²) >= 11 is 6.11. The van der Waals surface area contributed by atoms with Gasteiger partial charge in [-0.15, -0.1) is 0 Å². The van der Waals surface area contributed by atoms with Gasteiger partial charge in [0.05, 0.1) is 6.61 Å². The Morgan fingerprint density at radius 3 is 3.00 bits per heavy atom. The van der Waals surface area contributed by atoms with Crippen LogP contribution in [-0.4, -0.2) is 12.4 Å². The third kappa shape index (κ3) is 2.54. The summed E-state index contributed by atoms with van der Waals surface area (Å²) < 4.78 is 5.66. The number of carbonyl (C=O) groups excluding carboxylic acids is 1. The molecule has 0 radical (unpaired) electrons. The highest BCUT2D eigenvalue weighted by Crippen LogP contribution is 2.35. The van der Waals surface area contributed by atoms with Gasteiger partial charge in [0, 0.05) is 23.8 Å². The summed E-state index contributed by atoms with van der Waals surface area (Å²) in [5.41, 5.74) is 2.38. The van der Waals surface area contributed by atoms with Gasteiger partial charge in [-0.1, -0.05) is 11.6 Å². The van der Waals surface area contributed by atoms with E-state index in [9.17, 15) is 4.79 Å². The number of benzene rings is 1. The summed E-state index contributed by atoms with van der Waals surface area (Å²) in [6, 6.07) is 3.97. The monoisotopic (exact) mass is 264 g/mol. The zero-order valence-corrected chi connectivity index (χ0v) is 11.1. The highest BCUT2D eigenvalue weighted by atomic mass is 35.5. The van der Waals surface area contributed by atoms with Crippen molar-refractivity contribution < 1.29 is 9.53 Å². The molecule has 3 rings (SSSR count). The number of rotatable bonds is 5. The van der Waals surface area contributed by atoms with Gasteiger partial charge in [-0.2, -0.15) is 0 Å². The van der Waals surface area contributed by atoms with Crippen LogP contribution in [0, 0.1) is 5.92 Å². The molecule has 1 aliphatic heterocycles. The van der Waals surface area contributed by atoms with Crippen molar-refractivity contribution in [2.24, 2.45) is 5.92 Å². The second kappa shape index (κ2) is 4.93. The predicted octanol–water partition coefficient (Wildman–Crippen LogP) is 3.58. The van der Waals surface area contributed by atoms with Crippen molar-refractivity contribution in [2.75, 3.05) is 6.61 Å². The molecule has 0 atom stereocenters. The third-order valence-corrected chi connectivity index (χ3v) is 3.95. The molecule has 96 valence electrons. The van der Waals surface area contributed by atoms with Gasteiger partial charge in [0.15, 0.2) is 0 Å². The van der Waals surface area contributed by atoms with Crippen molar-refractivity contribution in [3.63, 3.8) is 0 Å². The van der Waals surface area contributed by atoms with Gasteiger partial charge in [0.25, 0.3) is 0 Å². The number of ketones is 1. The van der Waals surface area contributed by atoms with E-state index in [-0.39, 0.29) is 0 Å². The minimum absolute atomic E-state index is 0.381. The first-order chi connectivity index (χ1) is 8.74. The fourth-order valence-electron chi connectivity index (χ4n) is 2.59. The summed E-state index contributed by atoms with van der Waals surface area (Å²) in [7, 11) is 0. The second-order valence-electron chi connectivity index (χ2n) is 5.25. The quantitative estimate of drug-likeness (QED) is 0.813. The van der Waals surface area contributed by atoms with Gasteiger partial charge in [-0.3, -0.25) is 4.79 Å². The third-order valence-electron chi connectivity index (χ3n) is 3.73. The lowest BCUT2D eigenvalue weighted by Gasteiger charge is -2.08. The Morgan fingerprint density at radius 1 is 1.39 bits per heavy atom. The lowest BCUT2D eigenvalue weighted by atomic mass is 10.0. The number of ether oxygens (including phenoxy) is 1. The Morgan fingerprint density at radius 2 is 2.22 bits per heavy atom. The number of carbonyl (C=O) groups is 1. The van der Waals surface area contributed by atoms with Crippen LogP contribution in [0.2, 0.25) is 5.02 Å². The molecule has 2 nitrogen and oxygen atoms in total. The van der Waals surface area contributed by atoms with E-state index in [0.29, 0.717) is 18.1 Å². The highest BCUT2D eigenvalue weighted by Gasteiger charge is 2.28. The molecule has 1 saturated carbocycles. The predicted molar refractivity (Wildman–Crippen MR) is 71.3 cm³/mol. The molecule has 1 aromatic carbocycles. The largest absolute Gasteiger partial charge is 0.493 e. The maximum absolute atomic E-state index is 11.6. The molecular weight excluding hydrogens is 248 g/mol. The molecule has 0 aromatic heterocycles. The average molecular weight is 265 g/mol. The number of halogens is 1. The van der Waals surface area contributed by atoms with Crippen LogP contribution < -0.4 is 4.74 Å². The number of aryl methyl sites for hydroxylation is 1. The zero-order chi connectivity index (χ0) is 12.5. The molecule has 2 aliphatic rings. The first-order valence-corrected chi connectivity index (χ1v) is 7.08. The Bertz CT molecular complexity index is 478. The molecule has 1 aliphatic carbocycles. The molecule has 3 heteroatoms. The van der Waals surface area contributed by atoms with Crippen LogP contribution in [0.25, 0.3) is 0 Å². The van der Waals surface area contributed by atoms with Crippen LogP contribution in [0.4, 0.5) is 0 Å². The van der Waals surface area contributed by atoms with Gasteiger partial charge in [0.1, 0.15) is 11.5 Å². The van der Waals surface area contributed by atoms with Gasteiger partial charge in [0.2, 0.25) is 0 Å². The van der Waals surface area contributed by atoms with Gasteiger partial charge in [-0.25, -0.2) is 0 Å². The molecule has 1 heterocycles. The lowest BCUT2D eigenvalue weighted by Crippen LogP contribution is -2.01. The lowest BCUT2D eigenvalue weighted by molar-refractivity contribution is -0.120. The topological polar surface area (TPSA) is 26.3 Å². The molecule has 0 amide bonds. The second-order valence-corrected chi connectivity index (χ2v) is 5.68. The minimum atomic E-state index is 0.381. The summed E-state index contributed by atoms with van der Waals surface area (Å²) in [6.07, 6.45) is 5.66. The van der Waals surface area contributed by atoms with E-state index < -0.39 is 0 Å². The van der Waals surface area contributed by atoms with Crippen LogP contribution in [0.3, 0.4) is 0 Å². The number of fused-ring (bicyclic) bond motifs is 1. The Balaban J connectivity index is 1.63. The number of hydrogen-bond donors (Lipinski definition) is 0. The first kappa shape index (κ1) is 12.0. The van der Waals surface area contributed by atoms with Crippen molar-refractivity contribution in [2.45, 2.75) is 38.5 Å². The summed E-state index contributed by atoms with van der Waals surface area (Å²) in [5.74, 6) is 1.83. The zero-order valence-electron chi connectivity index (χ0n) is 10.4. The first-order valence-electron chi connectivity index (χ1n) is 6.71. The van der Waals surface area contributed by atoms with Gasteiger partial charge in [-0.05, 0) is 48.9 Å². The SMILES string of the molecule is O=C(CCCc1cc(Cl)cc2c1OCC2)C1CC1. The standard InChI is InChI=1S/C15H17ClO2/c16-13-8-11(15-12(9-13)6-7-18-15)2-1-3-14(17)10-4-5-10/h8-10H,1-7H2. The summed E-state index contributed by atoms with van der Waals surface area (Å²) in [4.78, 5) is 11.6. The van der Waals surface area contributed by atoms with Crippen molar-refractivity contribution >= 4 is 17.4 Å². The van der Waals surface area contributed by atoms with Crippen LogP contribution in [0.1, 0.15) is 36.8 Å². The van der Waals surface area contributed by atoms with E-state index >= 15 is 0 Å². The van der Waals surface area contributed by atoms with Gasteiger partial charge >= 0.3 is 0 Å². The molecule has 0 spiro atoms. The molecule has 0 N–H and O–H groups in total. The average Bonchev–Trinajstić information content (AvgIpc) is 3.08. The van der Waals surface area contributed by atoms with E-state index in [2.05, 4.69) is 0 Å². The van der Waals surface area contributed by atoms with E-state index in [4.69, 9.17) is 16.3 Å².